The number of nitrogen functional groups attached to an aromatic ring is 1. The predicted octanol–water partition coefficient (Wildman–Crippen LogP) is 3.75. The molecule has 2 N–H and O–H groups in total. The van der Waals surface area contributed by atoms with Gasteiger partial charge in [0, 0.05) is 16.2 Å². The standard InChI is InChI=1S/C10H6BrClIN3/c11-6-3-5(1-2-7(6)12)10-15-4-8(13)9(14)16-10/h1-4H,(H2,14,15,16). The van der Waals surface area contributed by atoms with Crippen molar-refractivity contribution in [1.29, 1.82) is 0 Å². The van der Waals surface area contributed by atoms with Crippen molar-refractivity contribution in [3.8, 4) is 11.4 Å². The van der Waals surface area contributed by atoms with Gasteiger partial charge in [0.25, 0.3) is 0 Å². The summed E-state index contributed by atoms with van der Waals surface area (Å²) in [6.07, 6.45) is 1.70. The molecule has 1 heterocycles. The molecule has 1 aromatic carbocycles. The van der Waals surface area contributed by atoms with Gasteiger partial charge in [-0.3, -0.25) is 0 Å². The number of anilines is 1. The Morgan fingerprint density at radius 2 is 2.12 bits per heavy atom. The summed E-state index contributed by atoms with van der Waals surface area (Å²) < 4.78 is 1.65. The molecule has 0 saturated carbocycles. The van der Waals surface area contributed by atoms with E-state index in [1.807, 2.05) is 12.1 Å². The summed E-state index contributed by atoms with van der Waals surface area (Å²) >= 11 is 11.4. The molecule has 2 rings (SSSR count). The number of halogens is 3. The first-order chi connectivity index (χ1) is 7.58. The van der Waals surface area contributed by atoms with Crippen molar-refractivity contribution >= 4 is 55.9 Å². The summed E-state index contributed by atoms with van der Waals surface area (Å²) in [5.74, 6) is 1.08. The molecule has 0 spiro atoms. The fourth-order valence-electron chi connectivity index (χ4n) is 1.15. The van der Waals surface area contributed by atoms with Gasteiger partial charge in [0.2, 0.25) is 0 Å². The second kappa shape index (κ2) is 4.85. The van der Waals surface area contributed by atoms with E-state index in [9.17, 15) is 0 Å². The van der Waals surface area contributed by atoms with E-state index >= 15 is 0 Å². The fourth-order valence-corrected chi connectivity index (χ4v) is 1.91. The molecule has 0 aliphatic rings. The highest BCUT2D eigenvalue weighted by atomic mass is 127. The minimum atomic E-state index is 0.483. The van der Waals surface area contributed by atoms with Gasteiger partial charge in [-0.2, -0.15) is 0 Å². The molecular formula is C10H6BrClIN3. The Bertz CT molecular complexity index is 498. The number of nitrogens with two attached hydrogens (primary N) is 1. The van der Waals surface area contributed by atoms with E-state index < -0.39 is 0 Å². The number of aromatic nitrogens is 2. The molecule has 0 fully saturated rings. The second-order valence-electron chi connectivity index (χ2n) is 3.06. The molecule has 16 heavy (non-hydrogen) atoms. The SMILES string of the molecule is Nc1nc(-c2ccc(Cl)c(Br)c2)ncc1I. The zero-order valence-electron chi connectivity index (χ0n) is 7.92. The largest absolute Gasteiger partial charge is 0.383 e. The van der Waals surface area contributed by atoms with Crippen LogP contribution in [-0.4, -0.2) is 9.97 Å². The minimum absolute atomic E-state index is 0.483. The maximum absolute atomic E-state index is 5.91. The average molecular weight is 410 g/mol. The highest BCUT2D eigenvalue weighted by Crippen LogP contribution is 2.27. The van der Waals surface area contributed by atoms with Crippen molar-refractivity contribution in [2.75, 3.05) is 5.73 Å². The van der Waals surface area contributed by atoms with E-state index in [-0.39, 0.29) is 0 Å². The van der Waals surface area contributed by atoms with E-state index in [0.717, 1.165) is 13.6 Å². The van der Waals surface area contributed by atoms with E-state index in [2.05, 4.69) is 48.5 Å². The third-order valence-electron chi connectivity index (χ3n) is 1.95. The van der Waals surface area contributed by atoms with Crippen LogP contribution in [0.4, 0.5) is 5.82 Å². The number of rotatable bonds is 1. The number of benzene rings is 1. The Hall–Kier alpha value is -0.400. The molecule has 0 aliphatic carbocycles. The topological polar surface area (TPSA) is 51.8 Å². The van der Waals surface area contributed by atoms with E-state index in [1.54, 1.807) is 12.3 Å². The number of nitrogens with zero attached hydrogens (tertiary/aromatic N) is 2. The van der Waals surface area contributed by atoms with Gasteiger partial charge in [0.15, 0.2) is 5.82 Å². The second-order valence-corrected chi connectivity index (χ2v) is 5.48. The maximum Gasteiger partial charge on any atom is 0.161 e. The van der Waals surface area contributed by atoms with Gasteiger partial charge in [0.05, 0.1) is 8.59 Å². The molecule has 0 unspecified atom stereocenters. The monoisotopic (exact) mass is 409 g/mol. The molecule has 3 nitrogen and oxygen atoms in total. The van der Waals surface area contributed by atoms with Crippen molar-refractivity contribution in [2.24, 2.45) is 0 Å². The molecule has 0 atom stereocenters. The first-order valence-electron chi connectivity index (χ1n) is 4.31. The van der Waals surface area contributed by atoms with Crippen molar-refractivity contribution < 1.29 is 0 Å². The molecule has 1 aromatic heterocycles. The molecule has 6 heteroatoms. The van der Waals surface area contributed by atoms with E-state index in [4.69, 9.17) is 17.3 Å². The zero-order valence-corrected chi connectivity index (χ0v) is 12.4. The molecule has 82 valence electrons. The van der Waals surface area contributed by atoms with Gasteiger partial charge in [-0.15, -0.1) is 0 Å². The van der Waals surface area contributed by atoms with Crippen LogP contribution in [0.5, 0.6) is 0 Å². The summed E-state index contributed by atoms with van der Waals surface area (Å²) in [5, 5.41) is 0.655. The Morgan fingerprint density at radius 1 is 1.38 bits per heavy atom. The Kier molecular flexibility index (Phi) is 3.66. The van der Waals surface area contributed by atoms with Crippen LogP contribution in [0.2, 0.25) is 5.02 Å². The lowest BCUT2D eigenvalue weighted by Crippen LogP contribution is -1.98. The Labute approximate surface area is 120 Å². The van der Waals surface area contributed by atoms with Crippen molar-refractivity contribution in [2.45, 2.75) is 0 Å². The number of hydrogen-bond donors (Lipinski definition) is 1. The third kappa shape index (κ3) is 2.46. The van der Waals surface area contributed by atoms with Crippen LogP contribution >= 0.6 is 50.1 Å². The van der Waals surface area contributed by atoms with Crippen molar-refractivity contribution in [3.63, 3.8) is 0 Å². The lowest BCUT2D eigenvalue weighted by molar-refractivity contribution is 1.17. The highest BCUT2D eigenvalue weighted by Gasteiger charge is 2.06. The maximum atomic E-state index is 5.91. The van der Waals surface area contributed by atoms with Crippen molar-refractivity contribution in [3.05, 3.63) is 37.5 Å². The van der Waals surface area contributed by atoms with Gasteiger partial charge >= 0.3 is 0 Å². The van der Waals surface area contributed by atoms with Crippen molar-refractivity contribution in [1.82, 2.24) is 9.97 Å². The normalized spacial score (nSPS) is 10.4. The molecule has 0 saturated heterocycles. The van der Waals surface area contributed by atoms with Crippen LogP contribution in [0.25, 0.3) is 11.4 Å². The Morgan fingerprint density at radius 3 is 2.75 bits per heavy atom. The van der Waals surface area contributed by atoms with Crippen LogP contribution in [0.1, 0.15) is 0 Å². The number of hydrogen-bond acceptors (Lipinski definition) is 3. The third-order valence-corrected chi connectivity index (χ3v) is 3.99. The van der Waals surface area contributed by atoms with Gasteiger partial charge in [-0.1, -0.05) is 11.6 Å². The van der Waals surface area contributed by atoms with Crippen LogP contribution in [-0.2, 0) is 0 Å². The molecule has 0 aliphatic heterocycles. The summed E-state index contributed by atoms with van der Waals surface area (Å²) in [6.45, 7) is 0. The average Bonchev–Trinajstić information content (AvgIpc) is 2.26. The smallest absolute Gasteiger partial charge is 0.161 e. The molecule has 2 aromatic rings. The Balaban J connectivity index is 2.50. The molecule has 0 bridgehead atoms. The van der Waals surface area contributed by atoms with Crippen LogP contribution < -0.4 is 5.73 Å². The zero-order chi connectivity index (χ0) is 11.7. The lowest BCUT2D eigenvalue weighted by Gasteiger charge is -2.03. The first-order valence-corrected chi connectivity index (χ1v) is 6.56. The fraction of sp³-hybridized carbons (Fsp3) is 0. The van der Waals surface area contributed by atoms with Crippen LogP contribution in [0.15, 0.2) is 28.9 Å². The van der Waals surface area contributed by atoms with Gasteiger partial charge in [-0.25, -0.2) is 9.97 Å². The highest BCUT2D eigenvalue weighted by molar-refractivity contribution is 14.1. The summed E-state index contributed by atoms with van der Waals surface area (Å²) in [5.41, 5.74) is 6.60. The van der Waals surface area contributed by atoms with E-state index in [0.29, 0.717) is 16.7 Å². The molecule has 0 amide bonds. The summed E-state index contributed by atoms with van der Waals surface area (Å²) in [6, 6.07) is 5.51. The minimum Gasteiger partial charge on any atom is -0.383 e. The van der Waals surface area contributed by atoms with Gasteiger partial charge in [-0.05, 0) is 56.7 Å². The molecule has 0 radical (unpaired) electrons. The quantitative estimate of drug-likeness (QED) is 0.729. The van der Waals surface area contributed by atoms with Gasteiger partial charge < -0.3 is 5.73 Å². The van der Waals surface area contributed by atoms with E-state index in [1.165, 1.54) is 0 Å². The first kappa shape index (κ1) is 12.1. The summed E-state index contributed by atoms with van der Waals surface area (Å²) in [4.78, 5) is 8.43. The lowest BCUT2D eigenvalue weighted by atomic mass is 10.2. The summed E-state index contributed by atoms with van der Waals surface area (Å²) in [7, 11) is 0. The predicted molar refractivity (Wildman–Crippen MR) is 77.3 cm³/mol. The van der Waals surface area contributed by atoms with Crippen LogP contribution in [0.3, 0.4) is 0 Å². The van der Waals surface area contributed by atoms with Gasteiger partial charge in [0.1, 0.15) is 5.82 Å². The van der Waals surface area contributed by atoms with Crippen LogP contribution in [0, 0.1) is 3.57 Å². The molecular weight excluding hydrogens is 404 g/mol.